The fourth-order valence-corrected chi connectivity index (χ4v) is 1.78. The molecule has 2 N–H and O–H groups in total. The minimum Gasteiger partial charge on any atom is -0.436 e. The third-order valence-electron chi connectivity index (χ3n) is 3.23. The summed E-state index contributed by atoms with van der Waals surface area (Å²) in [6.45, 7) is 1.90. The van der Waals surface area contributed by atoms with Crippen LogP contribution in [-0.4, -0.2) is 24.0 Å². The van der Waals surface area contributed by atoms with E-state index in [0.717, 1.165) is 12.1 Å². The van der Waals surface area contributed by atoms with Gasteiger partial charge in [-0.15, -0.1) is 0 Å². The van der Waals surface area contributed by atoms with Crippen LogP contribution in [0.25, 0.3) is 0 Å². The van der Waals surface area contributed by atoms with Gasteiger partial charge in [-0.25, -0.2) is 13.8 Å². The highest BCUT2D eigenvalue weighted by Gasteiger charge is 2.13. The van der Waals surface area contributed by atoms with Gasteiger partial charge in [0.05, 0.1) is 6.04 Å². The molecule has 1 aromatic carbocycles. The summed E-state index contributed by atoms with van der Waals surface area (Å²) in [5.74, 6) is -1.69. The monoisotopic (exact) mass is 321 g/mol. The summed E-state index contributed by atoms with van der Waals surface area (Å²) in [5, 5.41) is 5.55. The van der Waals surface area contributed by atoms with Crippen LogP contribution in [0.5, 0.6) is 11.6 Å². The highest BCUT2D eigenvalue weighted by molar-refractivity contribution is 5.81. The molecule has 1 aromatic heterocycles. The zero-order chi connectivity index (χ0) is 16.8. The number of halogens is 2. The largest absolute Gasteiger partial charge is 0.436 e. The maximum atomic E-state index is 13.7. The molecule has 0 aliphatic rings. The Bertz CT molecular complexity index is 695. The average molecular weight is 321 g/mol. The summed E-state index contributed by atoms with van der Waals surface area (Å²) in [4.78, 5) is 15.8. The molecule has 0 radical (unpaired) electrons. The SMILES string of the molecule is CN[C@@H](C)C(=O)NCc1cccnc1Oc1ccc(F)cc1F. The normalized spacial score (nSPS) is 11.8. The van der Waals surface area contributed by atoms with Crippen LogP contribution in [-0.2, 0) is 11.3 Å². The van der Waals surface area contributed by atoms with Crippen molar-refractivity contribution in [1.82, 2.24) is 15.6 Å². The second-order valence-electron chi connectivity index (χ2n) is 4.87. The zero-order valence-corrected chi connectivity index (χ0v) is 12.8. The summed E-state index contributed by atoms with van der Waals surface area (Å²) < 4.78 is 32.0. The summed E-state index contributed by atoms with van der Waals surface area (Å²) in [7, 11) is 1.68. The fourth-order valence-electron chi connectivity index (χ4n) is 1.78. The minimum absolute atomic E-state index is 0.138. The van der Waals surface area contributed by atoms with Gasteiger partial charge >= 0.3 is 0 Å². The van der Waals surface area contributed by atoms with Gasteiger partial charge in [0.1, 0.15) is 5.82 Å². The number of carbonyl (C=O) groups excluding carboxylic acids is 1. The van der Waals surface area contributed by atoms with Crippen LogP contribution in [0.1, 0.15) is 12.5 Å². The molecule has 0 bridgehead atoms. The molecule has 0 unspecified atom stereocenters. The lowest BCUT2D eigenvalue weighted by Gasteiger charge is -2.13. The van der Waals surface area contributed by atoms with E-state index >= 15 is 0 Å². The maximum Gasteiger partial charge on any atom is 0.237 e. The Labute approximate surface area is 132 Å². The number of likely N-dealkylation sites (N-methyl/N-ethyl adjacent to an activating group) is 1. The standard InChI is InChI=1S/C16H17F2N3O2/c1-10(19-2)15(22)21-9-11-4-3-7-20-16(11)23-14-6-5-12(17)8-13(14)18/h3-8,10,19H,9H2,1-2H3,(H,21,22)/t10-/m0/s1. The number of rotatable bonds is 6. The lowest BCUT2D eigenvalue weighted by molar-refractivity contribution is -0.122. The fraction of sp³-hybridized carbons (Fsp3) is 0.250. The van der Waals surface area contributed by atoms with E-state index in [0.29, 0.717) is 5.56 Å². The first kappa shape index (κ1) is 16.8. The molecule has 1 amide bonds. The topological polar surface area (TPSA) is 63.2 Å². The van der Waals surface area contributed by atoms with Gasteiger partial charge in [-0.05, 0) is 32.2 Å². The molecule has 1 heterocycles. The van der Waals surface area contributed by atoms with Gasteiger partial charge in [0.25, 0.3) is 0 Å². The predicted molar refractivity (Wildman–Crippen MR) is 81.0 cm³/mol. The first-order valence-corrected chi connectivity index (χ1v) is 7.03. The number of nitrogens with one attached hydrogen (secondary N) is 2. The third kappa shape index (κ3) is 4.46. The second-order valence-corrected chi connectivity index (χ2v) is 4.87. The average Bonchev–Trinajstić information content (AvgIpc) is 2.55. The third-order valence-corrected chi connectivity index (χ3v) is 3.23. The summed E-state index contributed by atoms with van der Waals surface area (Å²) >= 11 is 0. The van der Waals surface area contributed by atoms with Crippen molar-refractivity contribution in [2.75, 3.05) is 7.05 Å². The molecule has 2 aromatic rings. The van der Waals surface area contributed by atoms with E-state index in [9.17, 15) is 13.6 Å². The maximum absolute atomic E-state index is 13.7. The van der Waals surface area contributed by atoms with Crippen LogP contribution in [0.4, 0.5) is 8.78 Å². The molecule has 5 nitrogen and oxygen atoms in total. The van der Waals surface area contributed by atoms with Crippen molar-refractivity contribution in [2.45, 2.75) is 19.5 Å². The highest BCUT2D eigenvalue weighted by atomic mass is 19.1. The van der Waals surface area contributed by atoms with Gasteiger partial charge < -0.3 is 15.4 Å². The smallest absolute Gasteiger partial charge is 0.237 e. The molecule has 0 saturated carbocycles. The first-order chi connectivity index (χ1) is 11.0. The van der Waals surface area contributed by atoms with E-state index in [2.05, 4.69) is 15.6 Å². The summed E-state index contributed by atoms with van der Waals surface area (Å²) in [5.41, 5.74) is 0.577. The number of benzene rings is 1. The molecule has 7 heteroatoms. The Morgan fingerprint density at radius 2 is 2.13 bits per heavy atom. The van der Waals surface area contributed by atoms with Crippen LogP contribution in [0.2, 0.25) is 0 Å². The Balaban J connectivity index is 2.12. The minimum atomic E-state index is -0.825. The van der Waals surface area contributed by atoms with Crippen LogP contribution in [0.15, 0.2) is 36.5 Å². The Morgan fingerprint density at radius 3 is 2.83 bits per heavy atom. The van der Waals surface area contributed by atoms with Crippen LogP contribution < -0.4 is 15.4 Å². The molecule has 0 spiro atoms. The number of pyridine rings is 1. The summed E-state index contributed by atoms with van der Waals surface area (Å²) in [6, 6.07) is 6.05. The highest BCUT2D eigenvalue weighted by Crippen LogP contribution is 2.25. The molecular formula is C16H17F2N3O2. The molecule has 0 fully saturated rings. The van der Waals surface area contributed by atoms with Crippen LogP contribution in [0, 0.1) is 11.6 Å². The van der Waals surface area contributed by atoms with E-state index in [-0.39, 0.29) is 30.1 Å². The number of amides is 1. The molecular weight excluding hydrogens is 304 g/mol. The van der Waals surface area contributed by atoms with Crippen molar-refractivity contribution in [3.05, 3.63) is 53.7 Å². The van der Waals surface area contributed by atoms with Gasteiger partial charge in [0.2, 0.25) is 11.8 Å². The van der Waals surface area contributed by atoms with Gasteiger partial charge in [-0.2, -0.15) is 0 Å². The number of hydrogen-bond acceptors (Lipinski definition) is 4. The Kier molecular flexibility index (Phi) is 5.59. The lowest BCUT2D eigenvalue weighted by atomic mass is 10.2. The van der Waals surface area contributed by atoms with Crippen molar-refractivity contribution in [2.24, 2.45) is 0 Å². The Hall–Kier alpha value is -2.54. The van der Waals surface area contributed by atoms with Crippen molar-refractivity contribution < 1.29 is 18.3 Å². The number of hydrogen-bond donors (Lipinski definition) is 2. The number of nitrogens with zero attached hydrogens (tertiary/aromatic N) is 1. The molecule has 1 atom stereocenters. The first-order valence-electron chi connectivity index (χ1n) is 7.03. The number of carbonyl (C=O) groups is 1. The zero-order valence-electron chi connectivity index (χ0n) is 12.8. The number of aromatic nitrogens is 1. The van der Waals surface area contributed by atoms with Gasteiger partial charge in [-0.3, -0.25) is 4.79 Å². The van der Waals surface area contributed by atoms with E-state index < -0.39 is 11.6 Å². The predicted octanol–water partition coefficient (Wildman–Crippen LogP) is 2.38. The molecule has 23 heavy (non-hydrogen) atoms. The van der Waals surface area contributed by atoms with Crippen molar-refractivity contribution in [3.8, 4) is 11.6 Å². The molecule has 122 valence electrons. The van der Waals surface area contributed by atoms with Gasteiger partial charge in [-0.1, -0.05) is 6.07 Å². The van der Waals surface area contributed by atoms with Crippen molar-refractivity contribution >= 4 is 5.91 Å². The van der Waals surface area contributed by atoms with Crippen molar-refractivity contribution in [3.63, 3.8) is 0 Å². The Morgan fingerprint density at radius 1 is 1.35 bits per heavy atom. The summed E-state index contributed by atoms with van der Waals surface area (Å²) in [6.07, 6.45) is 1.48. The molecule has 0 saturated heterocycles. The molecule has 2 rings (SSSR count). The quantitative estimate of drug-likeness (QED) is 0.857. The van der Waals surface area contributed by atoms with Gasteiger partial charge in [0.15, 0.2) is 11.6 Å². The van der Waals surface area contributed by atoms with Crippen molar-refractivity contribution in [1.29, 1.82) is 0 Å². The van der Waals surface area contributed by atoms with Crippen LogP contribution in [0.3, 0.4) is 0 Å². The molecule has 0 aliphatic carbocycles. The van der Waals surface area contributed by atoms with E-state index in [4.69, 9.17) is 4.74 Å². The van der Waals surface area contributed by atoms with E-state index in [1.54, 1.807) is 26.1 Å². The van der Waals surface area contributed by atoms with E-state index in [1.165, 1.54) is 12.3 Å². The molecule has 0 aliphatic heterocycles. The van der Waals surface area contributed by atoms with E-state index in [1.807, 2.05) is 0 Å². The number of ether oxygens (including phenoxy) is 1. The lowest BCUT2D eigenvalue weighted by Crippen LogP contribution is -2.40. The van der Waals surface area contributed by atoms with Crippen LogP contribution >= 0.6 is 0 Å². The second kappa shape index (κ2) is 7.64. The van der Waals surface area contributed by atoms with Gasteiger partial charge in [0, 0.05) is 24.4 Å².